The van der Waals surface area contributed by atoms with Crippen LogP contribution in [0, 0.1) is 12.8 Å². The predicted molar refractivity (Wildman–Crippen MR) is 74.4 cm³/mol. The fourth-order valence-electron chi connectivity index (χ4n) is 1.91. The number of nitrogens with two attached hydrogens (primary N) is 1. The third-order valence-electron chi connectivity index (χ3n) is 3.18. The summed E-state index contributed by atoms with van der Waals surface area (Å²) >= 11 is 0. The molecule has 1 aromatic carbocycles. The Bertz CT molecular complexity index is 336. The van der Waals surface area contributed by atoms with E-state index in [0.29, 0.717) is 5.92 Å². The van der Waals surface area contributed by atoms with E-state index in [4.69, 9.17) is 10.5 Å². The maximum absolute atomic E-state index is 5.92. The molecule has 0 aliphatic rings. The highest BCUT2D eigenvalue weighted by Crippen LogP contribution is 2.23. The third kappa shape index (κ3) is 4.68. The van der Waals surface area contributed by atoms with Gasteiger partial charge >= 0.3 is 0 Å². The van der Waals surface area contributed by atoms with Crippen LogP contribution in [0.25, 0.3) is 0 Å². The third-order valence-corrected chi connectivity index (χ3v) is 3.18. The number of aryl methyl sites for hydroxylation is 1. The lowest BCUT2D eigenvalue weighted by Gasteiger charge is -2.16. The standard InChI is InChI=1S/C15H25NO/c1-4-6-7-13(5-2)11-17-15-9-8-12(3)10-14(15)16/h8-10,13H,4-7,11,16H2,1-3H3. The lowest BCUT2D eigenvalue weighted by molar-refractivity contribution is 0.234. The van der Waals surface area contributed by atoms with Crippen molar-refractivity contribution in [1.29, 1.82) is 0 Å². The average molecular weight is 235 g/mol. The molecule has 0 amide bonds. The zero-order valence-electron chi connectivity index (χ0n) is 11.3. The first kappa shape index (κ1) is 13.9. The SMILES string of the molecule is CCCCC(CC)COc1ccc(C)cc1N. The van der Waals surface area contributed by atoms with Crippen molar-refractivity contribution in [2.45, 2.75) is 46.5 Å². The molecule has 0 radical (unpaired) electrons. The Labute approximate surface area is 105 Å². The monoisotopic (exact) mass is 235 g/mol. The molecule has 0 aromatic heterocycles. The zero-order chi connectivity index (χ0) is 12.7. The number of benzene rings is 1. The van der Waals surface area contributed by atoms with E-state index in [1.165, 1.54) is 31.2 Å². The fourth-order valence-corrected chi connectivity index (χ4v) is 1.91. The topological polar surface area (TPSA) is 35.2 Å². The molecule has 1 unspecified atom stereocenters. The van der Waals surface area contributed by atoms with E-state index >= 15 is 0 Å². The summed E-state index contributed by atoms with van der Waals surface area (Å²) in [5.41, 5.74) is 7.84. The summed E-state index contributed by atoms with van der Waals surface area (Å²) in [6.45, 7) is 7.27. The normalized spacial score (nSPS) is 12.4. The van der Waals surface area contributed by atoms with Gasteiger partial charge in [0, 0.05) is 0 Å². The second-order valence-corrected chi connectivity index (χ2v) is 4.77. The Morgan fingerprint density at radius 1 is 1.29 bits per heavy atom. The number of nitrogen functional groups attached to an aromatic ring is 1. The fraction of sp³-hybridized carbons (Fsp3) is 0.600. The molecule has 0 saturated heterocycles. The van der Waals surface area contributed by atoms with E-state index in [1.807, 2.05) is 25.1 Å². The van der Waals surface area contributed by atoms with Crippen LogP contribution >= 0.6 is 0 Å². The molecule has 0 heterocycles. The molecular weight excluding hydrogens is 210 g/mol. The smallest absolute Gasteiger partial charge is 0.142 e. The lowest BCUT2D eigenvalue weighted by Crippen LogP contribution is -2.12. The van der Waals surface area contributed by atoms with Crippen molar-refractivity contribution in [2.24, 2.45) is 5.92 Å². The minimum atomic E-state index is 0.649. The van der Waals surface area contributed by atoms with E-state index < -0.39 is 0 Å². The molecule has 2 nitrogen and oxygen atoms in total. The minimum Gasteiger partial charge on any atom is -0.491 e. The van der Waals surface area contributed by atoms with Crippen molar-refractivity contribution in [1.82, 2.24) is 0 Å². The molecule has 1 atom stereocenters. The quantitative estimate of drug-likeness (QED) is 0.720. The van der Waals surface area contributed by atoms with Crippen LogP contribution in [0.3, 0.4) is 0 Å². The maximum atomic E-state index is 5.92. The molecule has 0 aliphatic heterocycles. The first-order valence-corrected chi connectivity index (χ1v) is 6.66. The van der Waals surface area contributed by atoms with E-state index in [-0.39, 0.29) is 0 Å². The number of anilines is 1. The van der Waals surface area contributed by atoms with Gasteiger partial charge in [-0.3, -0.25) is 0 Å². The number of hydrogen-bond acceptors (Lipinski definition) is 2. The van der Waals surface area contributed by atoms with Crippen molar-refractivity contribution in [3.63, 3.8) is 0 Å². The highest BCUT2D eigenvalue weighted by Gasteiger charge is 2.08. The van der Waals surface area contributed by atoms with Gasteiger partial charge in [-0.1, -0.05) is 39.2 Å². The molecule has 0 bridgehead atoms. The summed E-state index contributed by atoms with van der Waals surface area (Å²) in [5.74, 6) is 1.47. The Kier molecular flexibility index (Phi) is 5.88. The first-order chi connectivity index (χ1) is 8.17. The van der Waals surface area contributed by atoms with Crippen LogP contribution < -0.4 is 10.5 Å². The van der Waals surface area contributed by atoms with Gasteiger partial charge in [-0.15, -0.1) is 0 Å². The van der Waals surface area contributed by atoms with Gasteiger partial charge in [0.1, 0.15) is 5.75 Å². The molecule has 17 heavy (non-hydrogen) atoms. The summed E-state index contributed by atoms with van der Waals surface area (Å²) < 4.78 is 5.82. The summed E-state index contributed by atoms with van der Waals surface area (Å²) in [6, 6.07) is 5.97. The minimum absolute atomic E-state index is 0.649. The molecule has 0 aliphatic carbocycles. The molecule has 2 heteroatoms. The maximum Gasteiger partial charge on any atom is 0.142 e. The van der Waals surface area contributed by atoms with Crippen molar-refractivity contribution in [3.8, 4) is 5.75 Å². The first-order valence-electron chi connectivity index (χ1n) is 6.66. The van der Waals surface area contributed by atoms with Gasteiger partial charge in [0.15, 0.2) is 0 Å². The van der Waals surface area contributed by atoms with Gasteiger partial charge in [-0.25, -0.2) is 0 Å². The second kappa shape index (κ2) is 7.21. The zero-order valence-corrected chi connectivity index (χ0v) is 11.3. The highest BCUT2D eigenvalue weighted by atomic mass is 16.5. The van der Waals surface area contributed by atoms with E-state index in [9.17, 15) is 0 Å². The van der Waals surface area contributed by atoms with Crippen LogP contribution in [-0.2, 0) is 0 Å². The molecule has 0 spiro atoms. The largest absolute Gasteiger partial charge is 0.491 e. The van der Waals surface area contributed by atoms with Gasteiger partial charge in [-0.2, -0.15) is 0 Å². The number of unbranched alkanes of at least 4 members (excludes halogenated alkanes) is 1. The van der Waals surface area contributed by atoms with E-state index in [1.54, 1.807) is 0 Å². The van der Waals surface area contributed by atoms with E-state index in [0.717, 1.165) is 18.0 Å². The number of rotatable bonds is 7. The van der Waals surface area contributed by atoms with Gasteiger partial charge in [0.25, 0.3) is 0 Å². The summed E-state index contributed by atoms with van der Waals surface area (Å²) in [4.78, 5) is 0. The second-order valence-electron chi connectivity index (χ2n) is 4.77. The van der Waals surface area contributed by atoms with Crippen molar-refractivity contribution < 1.29 is 4.74 Å². The van der Waals surface area contributed by atoms with Gasteiger partial charge in [-0.05, 0) is 37.0 Å². The predicted octanol–water partition coefficient (Wildman–Crippen LogP) is 4.17. The van der Waals surface area contributed by atoms with Crippen LogP contribution in [0.1, 0.15) is 45.1 Å². The number of hydrogen-bond donors (Lipinski definition) is 1. The Hall–Kier alpha value is -1.18. The van der Waals surface area contributed by atoms with Crippen LogP contribution in [0.5, 0.6) is 5.75 Å². The molecular formula is C15H25NO. The summed E-state index contributed by atoms with van der Waals surface area (Å²) in [6.07, 6.45) is 4.96. The molecule has 96 valence electrons. The van der Waals surface area contributed by atoms with Gasteiger partial charge < -0.3 is 10.5 Å². The summed E-state index contributed by atoms with van der Waals surface area (Å²) in [7, 11) is 0. The van der Waals surface area contributed by atoms with Crippen LogP contribution in [-0.4, -0.2) is 6.61 Å². The molecule has 2 N–H and O–H groups in total. The van der Waals surface area contributed by atoms with Crippen molar-refractivity contribution in [2.75, 3.05) is 12.3 Å². The van der Waals surface area contributed by atoms with Gasteiger partial charge in [0.2, 0.25) is 0 Å². The lowest BCUT2D eigenvalue weighted by atomic mass is 10.0. The number of ether oxygens (including phenoxy) is 1. The highest BCUT2D eigenvalue weighted by molar-refractivity contribution is 5.53. The summed E-state index contributed by atoms with van der Waals surface area (Å²) in [5, 5.41) is 0. The average Bonchev–Trinajstić information content (AvgIpc) is 2.31. The van der Waals surface area contributed by atoms with Crippen molar-refractivity contribution >= 4 is 5.69 Å². The van der Waals surface area contributed by atoms with Crippen LogP contribution in [0.15, 0.2) is 18.2 Å². The van der Waals surface area contributed by atoms with Crippen LogP contribution in [0.4, 0.5) is 5.69 Å². The van der Waals surface area contributed by atoms with Crippen LogP contribution in [0.2, 0.25) is 0 Å². The van der Waals surface area contributed by atoms with E-state index in [2.05, 4.69) is 13.8 Å². The molecule has 0 saturated carbocycles. The Morgan fingerprint density at radius 2 is 2.06 bits per heavy atom. The Balaban J connectivity index is 2.47. The molecule has 0 fully saturated rings. The van der Waals surface area contributed by atoms with Crippen molar-refractivity contribution in [3.05, 3.63) is 23.8 Å². The molecule has 1 rings (SSSR count). The van der Waals surface area contributed by atoms with Gasteiger partial charge in [0.05, 0.1) is 12.3 Å². The molecule has 1 aromatic rings. The Morgan fingerprint density at radius 3 is 2.65 bits per heavy atom.